The molecular formula is C14H17F4N. The van der Waals surface area contributed by atoms with Gasteiger partial charge in [-0.15, -0.1) is 0 Å². The summed E-state index contributed by atoms with van der Waals surface area (Å²) in [7, 11) is 0. The van der Waals surface area contributed by atoms with Crippen molar-refractivity contribution in [2.75, 3.05) is 0 Å². The van der Waals surface area contributed by atoms with Gasteiger partial charge in [0.05, 0.1) is 5.92 Å². The molecule has 0 spiro atoms. The Morgan fingerprint density at radius 2 is 2.00 bits per heavy atom. The normalized spacial score (nSPS) is 28.4. The maximum Gasteiger partial charge on any atom is 0.391 e. The highest BCUT2D eigenvalue weighted by Crippen LogP contribution is 2.45. The lowest BCUT2D eigenvalue weighted by Gasteiger charge is -2.39. The van der Waals surface area contributed by atoms with Gasteiger partial charge in [-0.25, -0.2) is 4.39 Å². The van der Waals surface area contributed by atoms with E-state index in [1.54, 1.807) is 6.92 Å². The van der Waals surface area contributed by atoms with Crippen LogP contribution < -0.4 is 5.73 Å². The first-order chi connectivity index (χ1) is 8.72. The zero-order chi connectivity index (χ0) is 14.3. The summed E-state index contributed by atoms with van der Waals surface area (Å²) in [4.78, 5) is 0. The van der Waals surface area contributed by atoms with Gasteiger partial charge in [-0.05, 0) is 49.4 Å². The molecule has 0 bridgehead atoms. The fourth-order valence-corrected chi connectivity index (χ4v) is 3.02. The van der Waals surface area contributed by atoms with Crippen LogP contribution in [0.5, 0.6) is 0 Å². The third kappa shape index (κ3) is 2.91. The van der Waals surface area contributed by atoms with Crippen LogP contribution in [-0.4, -0.2) is 6.18 Å². The molecule has 1 aliphatic carbocycles. The second kappa shape index (κ2) is 4.78. The summed E-state index contributed by atoms with van der Waals surface area (Å²) in [6.07, 6.45) is -3.26. The molecule has 1 aromatic carbocycles. The van der Waals surface area contributed by atoms with Crippen LogP contribution in [0.4, 0.5) is 17.6 Å². The molecule has 1 nitrogen and oxygen atoms in total. The smallest absolute Gasteiger partial charge is 0.321 e. The van der Waals surface area contributed by atoms with E-state index in [9.17, 15) is 17.6 Å². The first-order valence-corrected chi connectivity index (χ1v) is 6.34. The maximum atomic E-state index is 13.1. The molecule has 1 saturated carbocycles. The van der Waals surface area contributed by atoms with Gasteiger partial charge < -0.3 is 5.73 Å². The Morgan fingerprint density at radius 1 is 1.32 bits per heavy atom. The van der Waals surface area contributed by atoms with Gasteiger partial charge in [-0.1, -0.05) is 12.5 Å². The fraction of sp³-hybridized carbons (Fsp3) is 0.571. The summed E-state index contributed by atoms with van der Waals surface area (Å²) in [6, 6.07) is 4.10. The van der Waals surface area contributed by atoms with Gasteiger partial charge in [0, 0.05) is 5.54 Å². The second-order valence-corrected chi connectivity index (χ2v) is 5.45. The van der Waals surface area contributed by atoms with Gasteiger partial charge >= 0.3 is 6.18 Å². The van der Waals surface area contributed by atoms with Gasteiger partial charge in [0.25, 0.3) is 0 Å². The Kier molecular flexibility index (Phi) is 3.60. The monoisotopic (exact) mass is 275 g/mol. The summed E-state index contributed by atoms with van der Waals surface area (Å²) in [6.45, 7) is 1.68. The average molecular weight is 275 g/mol. The number of rotatable bonds is 1. The third-order valence-corrected chi connectivity index (χ3v) is 3.97. The summed E-state index contributed by atoms with van der Waals surface area (Å²) < 4.78 is 51.6. The zero-order valence-corrected chi connectivity index (χ0v) is 10.7. The number of nitrogens with two attached hydrogens (primary N) is 1. The molecule has 0 aromatic heterocycles. The van der Waals surface area contributed by atoms with E-state index in [0.29, 0.717) is 24.0 Å². The van der Waals surface area contributed by atoms with Crippen molar-refractivity contribution in [1.82, 2.24) is 0 Å². The van der Waals surface area contributed by atoms with E-state index in [1.165, 1.54) is 18.2 Å². The molecule has 19 heavy (non-hydrogen) atoms. The quantitative estimate of drug-likeness (QED) is 0.769. The number of halogens is 4. The molecule has 1 aliphatic rings. The van der Waals surface area contributed by atoms with Crippen LogP contribution in [0.25, 0.3) is 0 Å². The van der Waals surface area contributed by atoms with Crippen molar-refractivity contribution >= 4 is 0 Å². The average Bonchev–Trinajstić information content (AvgIpc) is 2.27. The van der Waals surface area contributed by atoms with Crippen molar-refractivity contribution in [1.29, 1.82) is 0 Å². The number of hydrogen-bond acceptors (Lipinski definition) is 1. The molecule has 5 heteroatoms. The van der Waals surface area contributed by atoms with Crippen LogP contribution in [-0.2, 0) is 5.54 Å². The van der Waals surface area contributed by atoms with Crippen LogP contribution in [0.1, 0.15) is 36.8 Å². The zero-order valence-electron chi connectivity index (χ0n) is 10.7. The van der Waals surface area contributed by atoms with Crippen LogP contribution in [0.15, 0.2) is 18.2 Å². The first-order valence-electron chi connectivity index (χ1n) is 6.34. The highest BCUT2D eigenvalue weighted by atomic mass is 19.4. The number of aryl methyl sites for hydroxylation is 1. The van der Waals surface area contributed by atoms with Crippen molar-refractivity contribution in [2.45, 2.75) is 44.3 Å². The summed E-state index contributed by atoms with van der Waals surface area (Å²) in [5.41, 5.74) is 6.44. The highest BCUT2D eigenvalue weighted by Gasteiger charge is 2.47. The lowest BCUT2D eigenvalue weighted by molar-refractivity contribution is -0.187. The van der Waals surface area contributed by atoms with Crippen molar-refractivity contribution in [3.8, 4) is 0 Å². The van der Waals surface area contributed by atoms with E-state index in [4.69, 9.17) is 5.73 Å². The second-order valence-electron chi connectivity index (χ2n) is 5.45. The lowest BCUT2D eigenvalue weighted by atomic mass is 9.71. The SMILES string of the molecule is Cc1cc(F)ccc1C1(N)CCCC(C(F)(F)F)C1. The molecule has 1 aromatic rings. The Balaban J connectivity index is 2.31. The molecule has 0 amide bonds. The first kappa shape index (κ1) is 14.3. The minimum atomic E-state index is -4.21. The lowest BCUT2D eigenvalue weighted by Crippen LogP contribution is -2.45. The molecule has 0 radical (unpaired) electrons. The van der Waals surface area contributed by atoms with Gasteiger partial charge in [-0.2, -0.15) is 13.2 Å². The van der Waals surface area contributed by atoms with Gasteiger partial charge in [0.15, 0.2) is 0 Å². The summed E-state index contributed by atoms with van der Waals surface area (Å²) in [5, 5.41) is 0. The Labute approximate surface area is 109 Å². The minimum Gasteiger partial charge on any atom is -0.321 e. The standard InChI is InChI=1S/C14H17F4N/c1-9-7-11(15)4-5-12(9)13(19)6-2-3-10(8-13)14(16,17)18/h4-5,7,10H,2-3,6,8,19H2,1H3. The predicted molar refractivity (Wildman–Crippen MR) is 65.0 cm³/mol. The predicted octanol–water partition coefficient (Wildman–Crippen LogP) is 4.04. The molecule has 2 rings (SSSR count). The Morgan fingerprint density at radius 3 is 2.58 bits per heavy atom. The van der Waals surface area contributed by atoms with Crippen molar-refractivity contribution in [3.05, 3.63) is 35.1 Å². The van der Waals surface area contributed by atoms with Crippen LogP contribution in [0, 0.1) is 18.7 Å². The molecular weight excluding hydrogens is 258 g/mol. The Hall–Kier alpha value is -1.10. The highest BCUT2D eigenvalue weighted by molar-refractivity contribution is 5.33. The van der Waals surface area contributed by atoms with Crippen LogP contribution in [0.2, 0.25) is 0 Å². The van der Waals surface area contributed by atoms with E-state index >= 15 is 0 Å². The van der Waals surface area contributed by atoms with E-state index in [-0.39, 0.29) is 12.8 Å². The number of benzene rings is 1. The fourth-order valence-electron chi connectivity index (χ4n) is 3.02. The molecule has 106 valence electrons. The Bertz CT molecular complexity index is 469. The van der Waals surface area contributed by atoms with Crippen LogP contribution in [0.3, 0.4) is 0 Å². The number of alkyl halides is 3. The largest absolute Gasteiger partial charge is 0.391 e. The molecule has 0 aliphatic heterocycles. The van der Waals surface area contributed by atoms with Crippen molar-refractivity contribution in [2.24, 2.45) is 11.7 Å². The molecule has 1 fully saturated rings. The topological polar surface area (TPSA) is 26.0 Å². The van der Waals surface area contributed by atoms with Gasteiger partial charge in [-0.3, -0.25) is 0 Å². The molecule has 0 heterocycles. The molecule has 2 N–H and O–H groups in total. The molecule has 2 atom stereocenters. The maximum absolute atomic E-state index is 13.1. The minimum absolute atomic E-state index is 0.122. The van der Waals surface area contributed by atoms with Gasteiger partial charge in [0.1, 0.15) is 5.82 Å². The van der Waals surface area contributed by atoms with E-state index in [2.05, 4.69) is 0 Å². The van der Waals surface area contributed by atoms with Crippen LogP contribution >= 0.6 is 0 Å². The third-order valence-electron chi connectivity index (χ3n) is 3.97. The van der Waals surface area contributed by atoms with E-state index in [1.807, 2.05) is 0 Å². The van der Waals surface area contributed by atoms with E-state index in [0.717, 1.165) is 0 Å². The summed E-state index contributed by atoms with van der Waals surface area (Å²) >= 11 is 0. The van der Waals surface area contributed by atoms with Crippen molar-refractivity contribution < 1.29 is 17.6 Å². The van der Waals surface area contributed by atoms with Crippen molar-refractivity contribution in [3.63, 3.8) is 0 Å². The molecule has 2 unspecified atom stereocenters. The number of hydrogen-bond donors (Lipinski definition) is 1. The van der Waals surface area contributed by atoms with Gasteiger partial charge in [0.2, 0.25) is 0 Å². The summed E-state index contributed by atoms with van der Waals surface area (Å²) in [5.74, 6) is -1.76. The molecule has 0 saturated heterocycles. The van der Waals surface area contributed by atoms with E-state index < -0.39 is 23.5 Å².